The van der Waals surface area contributed by atoms with Gasteiger partial charge in [-0.2, -0.15) is 0 Å². The van der Waals surface area contributed by atoms with Crippen LogP contribution in [0.1, 0.15) is 24.2 Å². The van der Waals surface area contributed by atoms with E-state index in [1.807, 2.05) is 25.1 Å². The second-order valence-electron chi connectivity index (χ2n) is 5.79. The highest BCUT2D eigenvalue weighted by Crippen LogP contribution is 2.27. The zero-order chi connectivity index (χ0) is 16.9. The third-order valence-electron chi connectivity index (χ3n) is 4.15. The van der Waals surface area contributed by atoms with Gasteiger partial charge < -0.3 is 15.3 Å². The summed E-state index contributed by atoms with van der Waals surface area (Å²) in [5.41, 5.74) is 3.35. The molecular weight excluding hydrogens is 449 g/mol. The molecule has 1 atom stereocenters. The van der Waals surface area contributed by atoms with E-state index < -0.39 is 6.10 Å². The van der Waals surface area contributed by atoms with E-state index in [9.17, 15) is 5.11 Å². The number of aliphatic imine (C=N–C) groups is 1. The third-order valence-corrected chi connectivity index (χ3v) is 4.40. The van der Waals surface area contributed by atoms with Crippen molar-refractivity contribution in [2.24, 2.45) is 4.99 Å². The van der Waals surface area contributed by atoms with E-state index in [0.29, 0.717) is 11.6 Å². The molecular formula is C19H23ClIN3O. The van der Waals surface area contributed by atoms with E-state index in [1.165, 1.54) is 11.3 Å². The fourth-order valence-electron chi connectivity index (χ4n) is 2.92. The summed E-state index contributed by atoms with van der Waals surface area (Å²) in [6, 6.07) is 15.6. The van der Waals surface area contributed by atoms with Gasteiger partial charge in [-0.25, -0.2) is 4.99 Å². The van der Waals surface area contributed by atoms with Gasteiger partial charge in [0.25, 0.3) is 0 Å². The lowest BCUT2D eigenvalue weighted by atomic mass is 10.1. The van der Waals surface area contributed by atoms with Crippen molar-refractivity contribution in [3.63, 3.8) is 0 Å². The van der Waals surface area contributed by atoms with Crippen molar-refractivity contribution in [2.45, 2.75) is 19.4 Å². The van der Waals surface area contributed by atoms with Crippen molar-refractivity contribution in [1.29, 1.82) is 0 Å². The Morgan fingerprint density at radius 2 is 1.96 bits per heavy atom. The number of hydrogen-bond donors (Lipinski definition) is 2. The van der Waals surface area contributed by atoms with Crippen molar-refractivity contribution in [3.05, 3.63) is 64.7 Å². The summed E-state index contributed by atoms with van der Waals surface area (Å²) in [4.78, 5) is 6.83. The molecule has 2 aromatic rings. The number of guanidine groups is 1. The van der Waals surface area contributed by atoms with Crippen LogP contribution in [0.3, 0.4) is 0 Å². The number of benzene rings is 2. The molecule has 0 saturated heterocycles. The van der Waals surface area contributed by atoms with Crippen LogP contribution in [0.5, 0.6) is 0 Å². The summed E-state index contributed by atoms with van der Waals surface area (Å²) in [6.07, 6.45) is 0.370. The molecule has 25 heavy (non-hydrogen) atoms. The minimum absolute atomic E-state index is 0. The molecule has 134 valence electrons. The molecule has 1 aliphatic heterocycles. The van der Waals surface area contributed by atoms with Crippen molar-refractivity contribution < 1.29 is 5.11 Å². The zero-order valence-electron chi connectivity index (χ0n) is 14.2. The highest BCUT2D eigenvalue weighted by Gasteiger charge is 2.22. The van der Waals surface area contributed by atoms with Crippen molar-refractivity contribution in [3.8, 4) is 0 Å². The number of hydrogen-bond acceptors (Lipinski definition) is 2. The fraction of sp³-hybridized carbons (Fsp3) is 0.316. The first-order valence-corrected chi connectivity index (χ1v) is 8.64. The Kier molecular flexibility index (Phi) is 7.53. The van der Waals surface area contributed by atoms with Crippen LogP contribution in [0.25, 0.3) is 0 Å². The molecule has 3 rings (SSSR count). The lowest BCUT2D eigenvalue weighted by molar-refractivity contribution is 0.187. The first kappa shape index (κ1) is 20.0. The normalized spacial score (nSPS) is 14.7. The minimum atomic E-state index is -0.645. The van der Waals surface area contributed by atoms with Crippen LogP contribution in [0.2, 0.25) is 5.02 Å². The molecule has 1 heterocycles. The predicted octanol–water partition coefficient (Wildman–Crippen LogP) is 4.02. The molecule has 2 aromatic carbocycles. The highest BCUT2D eigenvalue weighted by atomic mass is 127. The van der Waals surface area contributed by atoms with Crippen LogP contribution < -0.4 is 10.2 Å². The Hall–Kier alpha value is -1.31. The van der Waals surface area contributed by atoms with Crippen LogP contribution in [0, 0.1) is 0 Å². The van der Waals surface area contributed by atoms with E-state index in [1.54, 1.807) is 12.1 Å². The van der Waals surface area contributed by atoms with Crippen LogP contribution in [-0.4, -0.2) is 30.7 Å². The SMILES string of the molecule is CCNC(=NCC(O)c1ccc(Cl)cc1)N1CCc2ccccc21.I. The number of halogens is 2. The molecule has 0 radical (unpaired) electrons. The Morgan fingerprint density at radius 1 is 1.24 bits per heavy atom. The second-order valence-corrected chi connectivity index (χ2v) is 6.23. The van der Waals surface area contributed by atoms with E-state index >= 15 is 0 Å². The summed E-state index contributed by atoms with van der Waals surface area (Å²) < 4.78 is 0. The maximum Gasteiger partial charge on any atom is 0.198 e. The number of anilines is 1. The van der Waals surface area contributed by atoms with Gasteiger partial charge in [0.15, 0.2) is 5.96 Å². The van der Waals surface area contributed by atoms with Gasteiger partial charge >= 0.3 is 0 Å². The summed E-state index contributed by atoms with van der Waals surface area (Å²) >= 11 is 5.89. The van der Waals surface area contributed by atoms with E-state index in [2.05, 4.69) is 33.4 Å². The standard InChI is InChI=1S/C19H22ClN3O.HI/c1-2-21-19(23-12-11-14-5-3-4-6-17(14)23)22-13-18(24)15-7-9-16(20)10-8-15;/h3-10,18,24H,2,11-13H2,1H3,(H,21,22);1H. The Balaban J connectivity index is 0.00000225. The van der Waals surface area contributed by atoms with Gasteiger partial charge in [-0.3, -0.25) is 0 Å². The number of fused-ring (bicyclic) bond motifs is 1. The monoisotopic (exact) mass is 471 g/mol. The molecule has 0 saturated carbocycles. The van der Waals surface area contributed by atoms with Gasteiger partial charge in [0.1, 0.15) is 0 Å². The minimum Gasteiger partial charge on any atom is -0.386 e. The average molecular weight is 472 g/mol. The number of aliphatic hydroxyl groups is 1. The maximum atomic E-state index is 10.4. The van der Waals surface area contributed by atoms with Gasteiger partial charge in [0, 0.05) is 23.8 Å². The molecule has 1 aliphatic rings. The van der Waals surface area contributed by atoms with Crippen LogP contribution in [0.15, 0.2) is 53.5 Å². The summed E-state index contributed by atoms with van der Waals surface area (Å²) in [5, 5.41) is 14.4. The van der Waals surface area contributed by atoms with Crippen molar-refractivity contribution >= 4 is 47.2 Å². The van der Waals surface area contributed by atoms with E-state index in [-0.39, 0.29) is 24.0 Å². The van der Waals surface area contributed by atoms with E-state index in [0.717, 1.165) is 31.0 Å². The number of aliphatic hydroxyl groups excluding tert-OH is 1. The lowest BCUT2D eigenvalue weighted by Gasteiger charge is -2.22. The van der Waals surface area contributed by atoms with Gasteiger partial charge in [-0.15, -0.1) is 24.0 Å². The smallest absolute Gasteiger partial charge is 0.198 e. The molecule has 0 spiro atoms. The molecule has 0 aromatic heterocycles. The van der Waals surface area contributed by atoms with Crippen LogP contribution in [-0.2, 0) is 6.42 Å². The average Bonchev–Trinajstić information content (AvgIpc) is 3.03. The molecule has 4 nitrogen and oxygen atoms in total. The molecule has 1 unspecified atom stereocenters. The molecule has 0 aliphatic carbocycles. The second kappa shape index (κ2) is 9.40. The molecule has 0 bridgehead atoms. The first-order valence-electron chi connectivity index (χ1n) is 8.26. The van der Waals surface area contributed by atoms with Crippen LogP contribution in [0.4, 0.5) is 5.69 Å². The first-order chi connectivity index (χ1) is 11.7. The largest absolute Gasteiger partial charge is 0.386 e. The lowest BCUT2D eigenvalue weighted by Crippen LogP contribution is -2.40. The number of para-hydroxylation sites is 1. The molecule has 0 fully saturated rings. The number of rotatable bonds is 4. The Morgan fingerprint density at radius 3 is 2.68 bits per heavy atom. The Bertz CT molecular complexity index is 721. The quantitative estimate of drug-likeness (QED) is 0.402. The third kappa shape index (κ3) is 4.86. The van der Waals surface area contributed by atoms with E-state index in [4.69, 9.17) is 11.6 Å². The summed E-state index contributed by atoms with van der Waals surface area (Å²) in [7, 11) is 0. The van der Waals surface area contributed by atoms with Crippen LogP contribution >= 0.6 is 35.6 Å². The number of nitrogens with one attached hydrogen (secondary N) is 1. The van der Waals surface area contributed by atoms with Gasteiger partial charge in [-0.1, -0.05) is 41.9 Å². The zero-order valence-corrected chi connectivity index (χ0v) is 17.2. The number of nitrogens with zero attached hydrogens (tertiary/aromatic N) is 2. The predicted molar refractivity (Wildman–Crippen MR) is 115 cm³/mol. The van der Waals surface area contributed by atoms with Gasteiger partial charge in [0.2, 0.25) is 0 Å². The summed E-state index contributed by atoms with van der Waals surface area (Å²) in [5.74, 6) is 0.815. The maximum absolute atomic E-state index is 10.4. The van der Waals surface area contributed by atoms with Crippen molar-refractivity contribution in [2.75, 3.05) is 24.5 Å². The summed E-state index contributed by atoms with van der Waals surface area (Å²) in [6.45, 7) is 4.05. The fourth-order valence-corrected chi connectivity index (χ4v) is 3.04. The topological polar surface area (TPSA) is 47.9 Å². The molecule has 6 heteroatoms. The Labute approximate surface area is 170 Å². The molecule has 2 N–H and O–H groups in total. The van der Waals surface area contributed by atoms with Gasteiger partial charge in [-0.05, 0) is 42.7 Å². The highest BCUT2D eigenvalue weighted by molar-refractivity contribution is 14.0. The van der Waals surface area contributed by atoms with Gasteiger partial charge in [0.05, 0.1) is 12.6 Å². The molecule has 0 amide bonds. The van der Waals surface area contributed by atoms with Crippen molar-refractivity contribution in [1.82, 2.24) is 5.32 Å².